The van der Waals surface area contributed by atoms with Gasteiger partial charge in [-0.1, -0.05) is 24.3 Å². The highest BCUT2D eigenvalue weighted by molar-refractivity contribution is 5.94. The zero-order valence-corrected chi connectivity index (χ0v) is 20.2. The largest absolute Gasteiger partial charge is 0.390 e. The molecule has 0 bridgehead atoms. The molecule has 5 rings (SSSR count). The molecule has 1 saturated heterocycles. The van der Waals surface area contributed by atoms with E-state index in [1.165, 1.54) is 17.5 Å². The molecule has 3 N–H and O–H groups in total. The minimum Gasteiger partial charge on any atom is -0.390 e. The number of likely N-dealkylation sites (tertiary alicyclic amines) is 1. The first-order valence-corrected chi connectivity index (χ1v) is 12.2. The van der Waals surface area contributed by atoms with Crippen LogP contribution in [-0.2, 0) is 13.0 Å². The van der Waals surface area contributed by atoms with Crippen LogP contribution in [0.3, 0.4) is 0 Å². The first-order chi connectivity index (χ1) is 17.5. The molecule has 1 aromatic heterocycles. The molecule has 2 aliphatic rings. The van der Waals surface area contributed by atoms with E-state index in [0.29, 0.717) is 24.3 Å². The number of aliphatic hydroxyl groups excluding tert-OH is 1. The maximum Gasteiger partial charge on any atom is 0.272 e. The summed E-state index contributed by atoms with van der Waals surface area (Å²) in [5, 5.41) is 16.7. The highest BCUT2D eigenvalue weighted by Crippen LogP contribution is 2.26. The number of carbonyl (C=O) groups excluding carboxylic acids is 2. The molecule has 3 heterocycles. The highest BCUT2D eigenvalue weighted by Gasteiger charge is 2.35. The predicted molar refractivity (Wildman–Crippen MR) is 136 cm³/mol. The lowest BCUT2D eigenvalue weighted by Crippen LogP contribution is -2.56. The van der Waals surface area contributed by atoms with Gasteiger partial charge in [0.25, 0.3) is 11.8 Å². The number of aliphatic hydroxyl groups is 1. The zero-order valence-electron chi connectivity index (χ0n) is 20.2. The lowest BCUT2D eigenvalue weighted by molar-refractivity contribution is -0.0139. The van der Waals surface area contributed by atoms with Crippen LogP contribution in [0.15, 0.2) is 60.9 Å². The zero-order chi connectivity index (χ0) is 25.1. The van der Waals surface area contributed by atoms with Crippen molar-refractivity contribution >= 4 is 23.3 Å². The van der Waals surface area contributed by atoms with Crippen LogP contribution in [0, 0.1) is 0 Å². The number of amides is 2. The molecule has 0 spiro atoms. The average Bonchev–Trinajstić information content (AvgIpc) is 2.92. The molecule has 0 aliphatic carbocycles. The first-order valence-electron chi connectivity index (χ1n) is 12.2. The molecule has 3 aromatic rings. The fraction of sp³-hybridized carbons (Fsp3) is 0.333. The number of β-amino-alcohol motifs (C(OH)–C–C–N with tert-alkyl or cyclic N) is 1. The van der Waals surface area contributed by atoms with Crippen molar-refractivity contribution in [3.63, 3.8) is 0 Å². The fourth-order valence-electron chi connectivity index (χ4n) is 5.03. The van der Waals surface area contributed by atoms with E-state index in [0.717, 1.165) is 25.2 Å². The van der Waals surface area contributed by atoms with E-state index >= 15 is 0 Å². The Balaban J connectivity index is 1.21. The van der Waals surface area contributed by atoms with Gasteiger partial charge in [0.15, 0.2) is 0 Å². The van der Waals surface area contributed by atoms with Crippen LogP contribution >= 0.6 is 0 Å². The second-order valence-corrected chi connectivity index (χ2v) is 9.23. The Morgan fingerprint density at radius 1 is 1.03 bits per heavy atom. The van der Waals surface area contributed by atoms with Gasteiger partial charge in [-0.2, -0.15) is 0 Å². The van der Waals surface area contributed by atoms with Gasteiger partial charge in [-0.05, 0) is 48.2 Å². The Morgan fingerprint density at radius 2 is 1.81 bits per heavy atom. The van der Waals surface area contributed by atoms with E-state index in [2.05, 4.69) is 49.8 Å². The predicted octanol–water partition coefficient (Wildman–Crippen LogP) is 2.21. The minimum absolute atomic E-state index is 0.0304. The van der Waals surface area contributed by atoms with Crippen molar-refractivity contribution in [3.8, 4) is 0 Å². The van der Waals surface area contributed by atoms with Crippen molar-refractivity contribution in [1.29, 1.82) is 0 Å². The molecule has 2 atom stereocenters. The highest BCUT2D eigenvalue weighted by atomic mass is 16.3. The number of anilines is 2. The van der Waals surface area contributed by atoms with Crippen LogP contribution in [0.25, 0.3) is 0 Å². The van der Waals surface area contributed by atoms with E-state index in [4.69, 9.17) is 0 Å². The standard InChI is InChI=1S/C27H30N6O3/c1-28-26(35)19-6-8-21(9-7-19)31-25-14-22(29-17-30-25)27(36)33-13-11-23(24(34)16-33)32-12-10-18-4-2-3-5-20(18)15-32/h2-9,14,17,23-24,34H,10-13,15-16H2,1H3,(H,28,35)(H,29,30,31)/t23?,24-/m0/s1. The Labute approximate surface area is 210 Å². The molecule has 9 nitrogen and oxygen atoms in total. The molecule has 186 valence electrons. The van der Waals surface area contributed by atoms with Crippen molar-refractivity contribution in [1.82, 2.24) is 25.1 Å². The van der Waals surface area contributed by atoms with E-state index in [1.54, 1.807) is 42.3 Å². The number of carbonyl (C=O) groups is 2. The number of nitrogens with one attached hydrogen (secondary N) is 2. The normalized spacial score (nSPS) is 19.9. The summed E-state index contributed by atoms with van der Waals surface area (Å²) in [5.74, 6) is 0.0906. The molecule has 2 aromatic carbocycles. The summed E-state index contributed by atoms with van der Waals surface area (Å²) >= 11 is 0. The van der Waals surface area contributed by atoms with Crippen molar-refractivity contribution in [2.45, 2.75) is 31.5 Å². The number of fused-ring (bicyclic) bond motifs is 1. The molecule has 2 amide bonds. The molecule has 0 saturated carbocycles. The Bertz CT molecular complexity index is 1250. The minimum atomic E-state index is -0.619. The molecular weight excluding hydrogens is 456 g/mol. The van der Waals surface area contributed by atoms with E-state index in [9.17, 15) is 14.7 Å². The number of piperidine rings is 1. The van der Waals surface area contributed by atoms with Gasteiger partial charge in [0.2, 0.25) is 0 Å². The maximum absolute atomic E-state index is 13.2. The van der Waals surface area contributed by atoms with Crippen LogP contribution in [-0.4, -0.2) is 75.5 Å². The Morgan fingerprint density at radius 3 is 2.56 bits per heavy atom. The van der Waals surface area contributed by atoms with E-state index < -0.39 is 6.10 Å². The van der Waals surface area contributed by atoms with Gasteiger partial charge in [0.1, 0.15) is 17.8 Å². The summed E-state index contributed by atoms with van der Waals surface area (Å²) in [6.07, 6.45) is 2.42. The third-order valence-electron chi connectivity index (χ3n) is 7.00. The molecule has 9 heteroatoms. The fourth-order valence-corrected chi connectivity index (χ4v) is 5.03. The second-order valence-electron chi connectivity index (χ2n) is 9.23. The summed E-state index contributed by atoms with van der Waals surface area (Å²) in [6.45, 7) is 2.58. The van der Waals surface area contributed by atoms with Gasteiger partial charge in [0.05, 0.1) is 6.10 Å². The number of aromatic nitrogens is 2. The molecular formula is C27H30N6O3. The van der Waals surface area contributed by atoms with Crippen molar-refractivity contribution < 1.29 is 14.7 Å². The topological polar surface area (TPSA) is 111 Å². The Hall–Kier alpha value is -3.82. The lowest BCUT2D eigenvalue weighted by Gasteiger charge is -2.43. The SMILES string of the molecule is CNC(=O)c1ccc(Nc2cc(C(=O)N3CCC(N4CCc5ccccc5C4)[C@@H](O)C3)ncn2)cc1. The first kappa shape index (κ1) is 23.9. The number of rotatable bonds is 5. The Kier molecular flexibility index (Phi) is 6.92. The summed E-state index contributed by atoms with van der Waals surface area (Å²) in [4.78, 5) is 37.3. The van der Waals surface area contributed by atoms with Gasteiger partial charge < -0.3 is 20.6 Å². The monoisotopic (exact) mass is 486 g/mol. The van der Waals surface area contributed by atoms with Crippen LogP contribution < -0.4 is 10.6 Å². The van der Waals surface area contributed by atoms with Crippen molar-refractivity contribution in [3.05, 3.63) is 83.3 Å². The van der Waals surface area contributed by atoms with Gasteiger partial charge in [-0.15, -0.1) is 0 Å². The van der Waals surface area contributed by atoms with Gasteiger partial charge in [0, 0.05) is 56.6 Å². The van der Waals surface area contributed by atoms with Crippen LogP contribution in [0.4, 0.5) is 11.5 Å². The van der Waals surface area contributed by atoms with Crippen molar-refractivity contribution in [2.24, 2.45) is 0 Å². The molecule has 0 radical (unpaired) electrons. The number of hydrogen-bond donors (Lipinski definition) is 3. The summed E-state index contributed by atoms with van der Waals surface area (Å²) in [5.41, 5.74) is 4.26. The van der Waals surface area contributed by atoms with Crippen molar-refractivity contribution in [2.75, 3.05) is 32.0 Å². The summed E-state index contributed by atoms with van der Waals surface area (Å²) in [6, 6.07) is 17.1. The van der Waals surface area contributed by atoms with Crippen LogP contribution in [0.1, 0.15) is 38.4 Å². The smallest absolute Gasteiger partial charge is 0.272 e. The van der Waals surface area contributed by atoms with Crippen LogP contribution in [0.2, 0.25) is 0 Å². The van der Waals surface area contributed by atoms with Crippen LogP contribution in [0.5, 0.6) is 0 Å². The third kappa shape index (κ3) is 5.07. The molecule has 36 heavy (non-hydrogen) atoms. The van der Waals surface area contributed by atoms with E-state index in [-0.39, 0.29) is 30.1 Å². The number of nitrogens with zero attached hydrogens (tertiary/aromatic N) is 4. The van der Waals surface area contributed by atoms with Gasteiger partial charge in [-0.3, -0.25) is 14.5 Å². The van der Waals surface area contributed by atoms with Gasteiger partial charge >= 0.3 is 0 Å². The maximum atomic E-state index is 13.2. The number of benzene rings is 2. The third-order valence-corrected chi connectivity index (χ3v) is 7.00. The summed E-state index contributed by atoms with van der Waals surface area (Å²) in [7, 11) is 1.59. The second kappa shape index (κ2) is 10.4. The average molecular weight is 487 g/mol. The number of hydrogen-bond acceptors (Lipinski definition) is 7. The molecule has 1 fully saturated rings. The molecule has 1 unspecified atom stereocenters. The van der Waals surface area contributed by atoms with E-state index in [1.807, 2.05) is 0 Å². The quantitative estimate of drug-likeness (QED) is 0.507. The van der Waals surface area contributed by atoms with Gasteiger partial charge in [-0.25, -0.2) is 9.97 Å². The summed E-state index contributed by atoms with van der Waals surface area (Å²) < 4.78 is 0. The molecule has 2 aliphatic heterocycles. The lowest BCUT2D eigenvalue weighted by atomic mass is 9.94.